The number of amides is 1. The second kappa shape index (κ2) is 7.73. The van der Waals surface area contributed by atoms with E-state index < -0.39 is 35.0 Å². The molecule has 0 aliphatic carbocycles. The van der Waals surface area contributed by atoms with Gasteiger partial charge in [0, 0.05) is 12.5 Å². The second-order valence-corrected chi connectivity index (χ2v) is 5.91. The summed E-state index contributed by atoms with van der Waals surface area (Å²) in [5.74, 6) is -3.65. The van der Waals surface area contributed by atoms with Gasteiger partial charge in [-0.05, 0) is 48.7 Å². The molecule has 0 spiro atoms. The summed E-state index contributed by atoms with van der Waals surface area (Å²) in [4.78, 5) is 34.3. The number of aryl methyl sites for hydroxylation is 2. The van der Waals surface area contributed by atoms with E-state index in [2.05, 4.69) is 5.32 Å². The molecule has 0 fully saturated rings. The zero-order valence-corrected chi connectivity index (χ0v) is 14.2. The van der Waals surface area contributed by atoms with Crippen LogP contribution in [0.2, 0.25) is 0 Å². The Bertz CT molecular complexity index is 865. The fourth-order valence-corrected chi connectivity index (χ4v) is 2.48. The smallest absolute Gasteiger partial charge is 0.311 e. The Kier molecular flexibility index (Phi) is 5.66. The van der Waals surface area contributed by atoms with Crippen molar-refractivity contribution in [3.8, 4) is 0 Å². The van der Waals surface area contributed by atoms with E-state index >= 15 is 0 Å². The van der Waals surface area contributed by atoms with Gasteiger partial charge in [0.15, 0.2) is 0 Å². The lowest BCUT2D eigenvalue weighted by molar-refractivity contribution is -0.384. The maximum atomic E-state index is 13.0. The van der Waals surface area contributed by atoms with Gasteiger partial charge in [0.05, 0.1) is 10.8 Å². The lowest BCUT2D eigenvalue weighted by atomic mass is 9.95. The third kappa shape index (κ3) is 4.41. The zero-order valence-electron chi connectivity index (χ0n) is 14.2. The number of aliphatic carboxylic acids is 1. The van der Waals surface area contributed by atoms with Gasteiger partial charge in [-0.15, -0.1) is 0 Å². The minimum Gasteiger partial charge on any atom is -0.481 e. The molecule has 136 valence electrons. The molecule has 26 heavy (non-hydrogen) atoms. The lowest BCUT2D eigenvalue weighted by Crippen LogP contribution is -2.21. The molecular formula is C18H17FN2O5. The SMILES string of the molecule is Cc1cc(NC(=O)C[C@@H](C(=O)O)c2ccc(F)cc2)c([N+](=O)[O-])cc1C. The molecule has 0 aliphatic heterocycles. The number of halogens is 1. The van der Waals surface area contributed by atoms with Crippen molar-refractivity contribution in [2.24, 2.45) is 0 Å². The summed E-state index contributed by atoms with van der Waals surface area (Å²) in [5.41, 5.74) is 1.45. The highest BCUT2D eigenvalue weighted by molar-refractivity contribution is 5.96. The molecule has 2 rings (SSSR count). The van der Waals surface area contributed by atoms with E-state index in [0.29, 0.717) is 5.56 Å². The number of hydrogen-bond donors (Lipinski definition) is 2. The molecule has 0 saturated carbocycles. The van der Waals surface area contributed by atoms with E-state index in [1.807, 2.05) is 0 Å². The average molecular weight is 360 g/mol. The van der Waals surface area contributed by atoms with Crippen molar-refractivity contribution < 1.29 is 24.0 Å². The number of nitro benzene ring substituents is 1. The van der Waals surface area contributed by atoms with Gasteiger partial charge >= 0.3 is 5.97 Å². The topological polar surface area (TPSA) is 110 Å². The summed E-state index contributed by atoms with van der Waals surface area (Å²) in [7, 11) is 0. The third-order valence-corrected chi connectivity index (χ3v) is 4.04. The normalized spacial score (nSPS) is 11.7. The number of nitrogens with zero attached hydrogens (tertiary/aromatic N) is 1. The minimum atomic E-state index is -1.25. The van der Waals surface area contributed by atoms with E-state index in [9.17, 15) is 29.2 Å². The van der Waals surface area contributed by atoms with Crippen LogP contribution in [0.1, 0.15) is 29.0 Å². The van der Waals surface area contributed by atoms with Crippen molar-refractivity contribution in [2.75, 3.05) is 5.32 Å². The predicted octanol–water partition coefficient (Wildman–Crippen LogP) is 3.55. The zero-order chi connectivity index (χ0) is 19.4. The van der Waals surface area contributed by atoms with Gasteiger partial charge in [-0.25, -0.2) is 4.39 Å². The lowest BCUT2D eigenvalue weighted by Gasteiger charge is -2.14. The maximum absolute atomic E-state index is 13.0. The fourth-order valence-electron chi connectivity index (χ4n) is 2.48. The van der Waals surface area contributed by atoms with Crippen LogP contribution in [0.3, 0.4) is 0 Å². The Morgan fingerprint density at radius 3 is 2.31 bits per heavy atom. The Morgan fingerprint density at radius 1 is 1.19 bits per heavy atom. The van der Waals surface area contributed by atoms with Gasteiger partial charge in [0.25, 0.3) is 5.69 Å². The van der Waals surface area contributed by atoms with Gasteiger partial charge in [-0.3, -0.25) is 19.7 Å². The van der Waals surface area contributed by atoms with Crippen LogP contribution in [0.5, 0.6) is 0 Å². The molecule has 8 heteroatoms. The molecule has 0 radical (unpaired) electrons. The number of nitrogens with one attached hydrogen (secondary N) is 1. The van der Waals surface area contributed by atoms with Crippen LogP contribution < -0.4 is 5.32 Å². The standard InChI is InChI=1S/C18H17FN2O5/c1-10-7-15(16(21(25)26)8-11(10)2)20-17(22)9-14(18(23)24)12-3-5-13(19)6-4-12/h3-8,14H,9H2,1-2H3,(H,20,22)(H,23,24)/t14-/m1/s1. The third-order valence-electron chi connectivity index (χ3n) is 4.04. The van der Waals surface area contributed by atoms with Gasteiger partial charge in [0.1, 0.15) is 11.5 Å². The Morgan fingerprint density at radius 2 is 1.77 bits per heavy atom. The number of carboxylic acid groups (broad SMARTS) is 1. The number of carboxylic acids is 1. The van der Waals surface area contributed by atoms with Crippen molar-refractivity contribution >= 4 is 23.3 Å². The van der Waals surface area contributed by atoms with Crippen LogP contribution in [-0.2, 0) is 9.59 Å². The Balaban J connectivity index is 2.24. The van der Waals surface area contributed by atoms with Crippen molar-refractivity contribution in [3.05, 3.63) is 69.0 Å². The molecule has 7 nitrogen and oxygen atoms in total. The summed E-state index contributed by atoms with van der Waals surface area (Å²) in [6.07, 6.45) is -0.439. The number of hydrogen-bond acceptors (Lipinski definition) is 4. The molecule has 2 aromatic rings. The van der Waals surface area contributed by atoms with Gasteiger partial charge in [-0.2, -0.15) is 0 Å². The number of nitro groups is 1. The van der Waals surface area contributed by atoms with Crippen LogP contribution in [0.4, 0.5) is 15.8 Å². The Hall–Kier alpha value is -3.29. The van der Waals surface area contributed by atoms with Gasteiger partial charge in [0.2, 0.25) is 5.91 Å². The molecule has 0 bridgehead atoms. The summed E-state index contributed by atoms with van der Waals surface area (Å²) in [6, 6.07) is 7.62. The molecule has 1 amide bonds. The predicted molar refractivity (Wildman–Crippen MR) is 92.6 cm³/mol. The molecule has 2 N–H and O–H groups in total. The van der Waals surface area contributed by atoms with E-state index in [-0.39, 0.29) is 16.9 Å². The molecule has 0 unspecified atom stereocenters. The Labute approximate surface area is 148 Å². The summed E-state index contributed by atoms with van der Waals surface area (Å²) in [5, 5.41) is 22.9. The van der Waals surface area contributed by atoms with Crippen LogP contribution >= 0.6 is 0 Å². The van der Waals surface area contributed by atoms with Gasteiger partial charge in [-0.1, -0.05) is 12.1 Å². The number of anilines is 1. The largest absolute Gasteiger partial charge is 0.481 e. The van der Waals surface area contributed by atoms with E-state index in [4.69, 9.17) is 0 Å². The molecule has 0 aliphatic rings. The van der Waals surface area contributed by atoms with Crippen molar-refractivity contribution in [2.45, 2.75) is 26.2 Å². The van der Waals surface area contributed by atoms with E-state index in [1.165, 1.54) is 24.3 Å². The average Bonchev–Trinajstić information content (AvgIpc) is 2.56. The number of rotatable bonds is 6. The summed E-state index contributed by atoms with van der Waals surface area (Å²) >= 11 is 0. The maximum Gasteiger partial charge on any atom is 0.311 e. The number of carbonyl (C=O) groups excluding carboxylic acids is 1. The van der Waals surface area contributed by atoms with Crippen LogP contribution in [0.25, 0.3) is 0 Å². The highest BCUT2D eigenvalue weighted by Gasteiger charge is 2.25. The summed E-state index contributed by atoms with van der Waals surface area (Å²) in [6.45, 7) is 3.45. The van der Waals surface area contributed by atoms with Crippen molar-refractivity contribution in [1.29, 1.82) is 0 Å². The van der Waals surface area contributed by atoms with E-state index in [0.717, 1.165) is 17.7 Å². The van der Waals surface area contributed by atoms with Crippen LogP contribution in [-0.4, -0.2) is 21.9 Å². The van der Waals surface area contributed by atoms with E-state index in [1.54, 1.807) is 13.8 Å². The van der Waals surface area contributed by atoms with Crippen LogP contribution in [0.15, 0.2) is 36.4 Å². The molecule has 0 saturated heterocycles. The highest BCUT2D eigenvalue weighted by Crippen LogP contribution is 2.29. The summed E-state index contributed by atoms with van der Waals surface area (Å²) < 4.78 is 13.0. The number of benzene rings is 2. The minimum absolute atomic E-state index is 0.00587. The fraction of sp³-hybridized carbons (Fsp3) is 0.222. The molecule has 0 heterocycles. The van der Waals surface area contributed by atoms with Crippen molar-refractivity contribution in [3.63, 3.8) is 0 Å². The van der Waals surface area contributed by atoms with Gasteiger partial charge < -0.3 is 10.4 Å². The first kappa shape index (κ1) is 19.0. The quantitative estimate of drug-likeness (QED) is 0.605. The molecule has 0 aromatic heterocycles. The second-order valence-electron chi connectivity index (χ2n) is 5.91. The highest BCUT2D eigenvalue weighted by atomic mass is 19.1. The first-order valence-corrected chi connectivity index (χ1v) is 7.72. The molecule has 2 aromatic carbocycles. The monoisotopic (exact) mass is 360 g/mol. The number of carbonyl (C=O) groups is 2. The first-order valence-electron chi connectivity index (χ1n) is 7.72. The van der Waals surface area contributed by atoms with Crippen molar-refractivity contribution in [1.82, 2.24) is 0 Å². The molecular weight excluding hydrogens is 343 g/mol. The first-order chi connectivity index (χ1) is 12.2. The molecule has 1 atom stereocenters. The van der Waals surface area contributed by atoms with Crippen LogP contribution in [0, 0.1) is 29.8 Å².